The number of amides is 1. The molecule has 0 bridgehead atoms. The first-order valence-electron chi connectivity index (χ1n) is 5.23. The molecule has 6 nitrogen and oxygen atoms in total. The van der Waals surface area contributed by atoms with Crippen LogP contribution in [0.25, 0.3) is 0 Å². The zero-order chi connectivity index (χ0) is 12.1. The second-order valence-electron chi connectivity index (χ2n) is 3.79. The summed E-state index contributed by atoms with van der Waals surface area (Å²) in [7, 11) is 0. The van der Waals surface area contributed by atoms with Crippen LogP contribution in [0.2, 0.25) is 0 Å². The van der Waals surface area contributed by atoms with Gasteiger partial charge in [0.25, 0.3) is 0 Å². The summed E-state index contributed by atoms with van der Waals surface area (Å²) in [6, 6.07) is 0. The number of hydrazone groups is 1. The van der Waals surface area contributed by atoms with E-state index in [2.05, 4.69) is 5.10 Å². The Labute approximate surface area is 93.9 Å². The van der Waals surface area contributed by atoms with Crippen LogP contribution in [-0.4, -0.2) is 47.0 Å². The molecular formula is C10H16N2O4. The first kappa shape index (κ1) is 12.6. The van der Waals surface area contributed by atoms with E-state index in [1.54, 1.807) is 0 Å². The quantitative estimate of drug-likeness (QED) is 0.742. The van der Waals surface area contributed by atoms with Gasteiger partial charge in [-0.15, -0.1) is 0 Å². The summed E-state index contributed by atoms with van der Waals surface area (Å²) in [4.78, 5) is 22.1. The van der Waals surface area contributed by atoms with E-state index in [-0.39, 0.29) is 30.6 Å². The molecular weight excluding hydrogens is 212 g/mol. The number of ether oxygens (including phenoxy) is 1. The maximum absolute atomic E-state index is 11.4. The van der Waals surface area contributed by atoms with E-state index in [0.717, 1.165) is 0 Å². The predicted molar refractivity (Wildman–Crippen MR) is 57.1 cm³/mol. The Balaban J connectivity index is 2.52. The molecule has 0 atom stereocenters. The Bertz CT molecular complexity index is 312. The molecule has 0 aromatic heterocycles. The Kier molecular flexibility index (Phi) is 4.42. The molecule has 1 aliphatic heterocycles. The van der Waals surface area contributed by atoms with Gasteiger partial charge < -0.3 is 9.84 Å². The van der Waals surface area contributed by atoms with Crippen LogP contribution < -0.4 is 0 Å². The molecule has 0 radical (unpaired) electrons. The van der Waals surface area contributed by atoms with E-state index in [1.165, 1.54) is 5.01 Å². The standard InChI is InChI=1S/C10H16N2O4/c1-7(2)16-6-5-12-9(13)4-3-8(11-12)10(14)15/h7H,3-6H2,1-2H3,(H,14,15). The van der Waals surface area contributed by atoms with Crippen molar-refractivity contribution >= 4 is 17.6 Å². The molecule has 1 aliphatic rings. The maximum atomic E-state index is 11.4. The van der Waals surface area contributed by atoms with Crippen LogP contribution >= 0.6 is 0 Å². The third kappa shape index (κ3) is 3.62. The topological polar surface area (TPSA) is 79.2 Å². The number of carbonyl (C=O) groups excluding carboxylic acids is 1. The Morgan fingerprint density at radius 2 is 2.25 bits per heavy atom. The summed E-state index contributed by atoms with van der Waals surface area (Å²) in [6.45, 7) is 4.45. The highest BCUT2D eigenvalue weighted by molar-refractivity contribution is 6.36. The number of carboxylic acids is 1. The number of hydrogen-bond acceptors (Lipinski definition) is 4. The molecule has 1 heterocycles. The van der Waals surface area contributed by atoms with Crippen LogP contribution in [0.15, 0.2) is 5.10 Å². The van der Waals surface area contributed by atoms with Gasteiger partial charge in [-0.05, 0) is 13.8 Å². The predicted octanol–water partition coefficient (Wildman–Crippen LogP) is 0.474. The summed E-state index contributed by atoms with van der Waals surface area (Å²) in [5, 5.41) is 13.7. The highest BCUT2D eigenvalue weighted by atomic mass is 16.5. The number of carbonyl (C=O) groups is 2. The summed E-state index contributed by atoms with van der Waals surface area (Å²) in [5.74, 6) is -1.22. The molecule has 0 aromatic rings. The number of aliphatic carboxylic acids is 1. The van der Waals surface area contributed by atoms with Gasteiger partial charge in [0, 0.05) is 12.8 Å². The fraction of sp³-hybridized carbons (Fsp3) is 0.700. The fourth-order valence-electron chi connectivity index (χ4n) is 1.31. The van der Waals surface area contributed by atoms with E-state index in [1.807, 2.05) is 13.8 Å². The highest BCUT2D eigenvalue weighted by Crippen LogP contribution is 2.09. The van der Waals surface area contributed by atoms with E-state index in [9.17, 15) is 9.59 Å². The molecule has 0 spiro atoms. The van der Waals surface area contributed by atoms with Gasteiger partial charge in [-0.2, -0.15) is 5.10 Å². The number of hydrogen-bond donors (Lipinski definition) is 1. The summed E-state index contributed by atoms with van der Waals surface area (Å²) < 4.78 is 5.28. The molecule has 16 heavy (non-hydrogen) atoms. The minimum absolute atomic E-state index is 0.0316. The highest BCUT2D eigenvalue weighted by Gasteiger charge is 2.23. The monoisotopic (exact) mass is 228 g/mol. The van der Waals surface area contributed by atoms with Crippen LogP contribution in [-0.2, 0) is 14.3 Å². The number of carboxylic acid groups (broad SMARTS) is 1. The second-order valence-corrected chi connectivity index (χ2v) is 3.79. The zero-order valence-corrected chi connectivity index (χ0v) is 9.47. The lowest BCUT2D eigenvalue weighted by atomic mass is 10.2. The molecule has 6 heteroatoms. The third-order valence-corrected chi connectivity index (χ3v) is 2.11. The van der Waals surface area contributed by atoms with E-state index in [4.69, 9.17) is 9.84 Å². The van der Waals surface area contributed by atoms with Gasteiger partial charge in [-0.3, -0.25) is 4.79 Å². The normalized spacial score (nSPS) is 16.6. The van der Waals surface area contributed by atoms with Crippen molar-refractivity contribution in [1.82, 2.24) is 5.01 Å². The van der Waals surface area contributed by atoms with E-state index < -0.39 is 5.97 Å². The molecule has 1 amide bonds. The van der Waals surface area contributed by atoms with Crippen molar-refractivity contribution in [1.29, 1.82) is 0 Å². The number of rotatable bonds is 5. The minimum Gasteiger partial charge on any atom is -0.477 e. The van der Waals surface area contributed by atoms with Crippen LogP contribution in [0.3, 0.4) is 0 Å². The second kappa shape index (κ2) is 5.60. The molecule has 1 N–H and O–H groups in total. The summed E-state index contributed by atoms with van der Waals surface area (Å²) in [5.41, 5.74) is 0.0316. The number of nitrogens with zero attached hydrogens (tertiary/aromatic N) is 2. The zero-order valence-electron chi connectivity index (χ0n) is 9.47. The molecule has 0 unspecified atom stereocenters. The molecule has 90 valence electrons. The van der Waals surface area contributed by atoms with E-state index in [0.29, 0.717) is 13.2 Å². The summed E-state index contributed by atoms with van der Waals surface area (Å²) in [6.07, 6.45) is 0.491. The molecule has 0 aliphatic carbocycles. The average Bonchev–Trinajstić information content (AvgIpc) is 2.20. The van der Waals surface area contributed by atoms with E-state index >= 15 is 0 Å². The third-order valence-electron chi connectivity index (χ3n) is 2.11. The van der Waals surface area contributed by atoms with Crippen molar-refractivity contribution in [3.05, 3.63) is 0 Å². The Hall–Kier alpha value is -1.43. The van der Waals surface area contributed by atoms with Crippen molar-refractivity contribution in [3.63, 3.8) is 0 Å². The van der Waals surface area contributed by atoms with Crippen molar-refractivity contribution in [3.8, 4) is 0 Å². The lowest BCUT2D eigenvalue weighted by Crippen LogP contribution is -2.36. The first-order valence-corrected chi connectivity index (χ1v) is 5.23. The van der Waals surface area contributed by atoms with Gasteiger partial charge >= 0.3 is 5.97 Å². The molecule has 1 rings (SSSR count). The maximum Gasteiger partial charge on any atom is 0.352 e. The van der Waals surface area contributed by atoms with Crippen LogP contribution in [0, 0.1) is 0 Å². The first-order chi connectivity index (χ1) is 7.50. The molecule has 0 saturated heterocycles. The van der Waals surface area contributed by atoms with Gasteiger partial charge in [0.1, 0.15) is 5.71 Å². The molecule has 0 saturated carbocycles. The lowest BCUT2D eigenvalue weighted by Gasteiger charge is -2.22. The largest absolute Gasteiger partial charge is 0.477 e. The van der Waals surface area contributed by atoms with Crippen molar-refractivity contribution < 1.29 is 19.4 Å². The van der Waals surface area contributed by atoms with Crippen molar-refractivity contribution in [2.45, 2.75) is 32.8 Å². The average molecular weight is 228 g/mol. The van der Waals surface area contributed by atoms with Gasteiger partial charge in [-0.1, -0.05) is 0 Å². The van der Waals surface area contributed by atoms with Gasteiger partial charge in [0.15, 0.2) is 0 Å². The van der Waals surface area contributed by atoms with Crippen LogP contribution in [0.1, 0.15) is 26.7 Å². The van der Waals surface area contributed by atoms with Gasteiger partial charge in [-0.25, -0.2) is 9.80 Å². The SMILES string of the molecule is CC(C)OCCN1N=C(C(=O)O)CCC1=O. The Morgan fingerprint density at radius 3 is 2.81 bits per heavy atom. The smallest absolute Gasteiger partial charge is 0.352 e. The van der Waals surface area contributed by atoms with Gasteiger partial charge in [0.2, 0.25) is 5.91 Å². The fourth-order valence-corrected chi connectivity index (χ4v) is 1.31. The van der Waals surface area contributed by atoms with Crippen LogP contribution in [0.4, 0.5) is 0 Å². The molecule has 0 aromatic carbocycles. The Morgan fingerprint density at radius 1 is 1.56 bits per heavy atom. The summed E-state index contributed by atoms with van der Waals surface area (Å²) >= 11 is 0. The lowest BCUT2D eigenvalue weighted by molar-refractivity contribution is -0.133. The van der Waals surface area contributed by atoms with Crippen molar-refractivity contribution in [2.24, 2.45) is 5.10 Å². The van der Waals surface area contributed by atoms with Gasteiger partial charge in [0.05, 0.1) is 19.3 Å². The van der Waals surface area contributed by atoms with Crippen molar-refractivity contribution in [2.75, 3.05) is 13.2 Å². The minimum atomic E-state index is -1.07. The van der Waals surface area contributed by atoms with Crippen LogP contribution in [0.5, 0.6) is 0 Å². The molecule has 0 fully saturated rings.